The van der Waals surface area contributed by atoms with Gasteiger partial charge in [-0.05, 0) is 35.4 Å². The van der Waals surface area contributed by atoms with Crippen LogP contribution in [0.2, 0.25) is 0 Å². The van der Waals surface area contributed by atoms with Crippen molar-refractivity contribution in [2.75, 3.05) is 20.3 Å². The lowest BCUT2D eigenvalue weighted by molar-refractivity contribution is -0.152. The fraction of sp³-hybridized carbons (Fsp3) is 0.294. The number of hydroxylamine groups is 1. The van der Waals surface area contributed by atoms with Crippen LogP contribution in [0.1, 0.15) is 12.5 Å². The topological polar surface area (TPSA) is 73.9 Å². The highest BCUT2D eigenvalue weighted by atomic mass is 16.7. The Morgan fingerprint density at radius 3 is 2.57 bits per heavy atom. The lowest BCUT2D eigenvalue weighted by Crippen LogP contribution is -2.29. The normalized spacial score (nSPS) is 10.3. The van der Waals surface area contributed by atoms with Gasteiger partial charge in [-0.15, -0.1) is 0 Å². The maximum Gasteiger partial charge on any atom is 0.310 e. The Labute approximate surface area is 134 Å². The van der Waals surface area contributed by atoms with Gasteiger partial charge in [-0.2, -0.15) is 0 Å². The van der Waals surface area contributed by atoms with Gasteiger partial charge in [0.15, 0.2) is 6.61 Å². The van der Waals surface area contributed by atoms with Gasteiger partial charge in [-0.1, -0.05) is 24.3 Å². The maximum atomic E-state index is 11.8. The molecule has 2 aromatic carbocycles. The molecule has 0 aliphatic carbocycles. The summed E-state index contributed by atoms with van der Waals surface area (Å²) in [5.74, 6) is -0.180. The third-order valence-electron chi connectivity index (χ3n) is 3.15. The molecule has 0 heterocycles. The molecule has 0 aromatic heterocycles. The van der Waals surface area contributed by atoms with E-state index in [1.54, 1.807) is 14.0 Å². The average molecular weight is 317 g/mol. The summed E-state index contributed by atoms with van der Waals surface area (Å²) in [6, 6.07) is 11.4. The van der Waals surface area contributed by atoms with Crippen molar-refractivity contribution < 1.29 is 23.9 Å². The van der Waals surface area contributed by atoms with Crippen molar-refractivity contribution in [3.63, 3.8) is 0 Å². The van der Waals surface area contributed by atoms with Crippen LogP contribution in [0.15, 0.2) is 36.4 Å². The van der Waals surface area contributed by atoms with Gasteiger partial charge in [0.2, 0.25) is 0 Å². The number of nitrogens with one attached hydrogen (secondary N) is 1. The summed E-state index contributed by atoms with van der Waals surface area (Å²) in [5.41, 5.74) is 2.98. The Balaban J connectivity index is 1.93. The number of carbonyl (C=O) groups is 2. The Bertz CT molecular complexity index is 698. The molecule has 23 heavy (non-hydrogen) atoms. The molecule has 122 valence electrons. The van der Waals surface area contributed by atoms with Gasteiger partial charge < -0.3 is 9.47 Å². The minimum absolute atomic E-state index is 0.101. The summed E-state index contributed by atoms with van der Waals surface area (Å²) in [5, 5.41) is 2.03. The second-order valence-corrected chi connectivity index (χ2v) is 4.84. The predicted molar refractivity (Wildman–Crippen MR) is 84.9 cm³/mol. The Morgan fingerprint density at radius 2 is 1.83 bits per heavy atom. The zero-order valence-electron chi connectivity index (χ0n) is 13.1. The highest BCUT2D eigenvalue weighted by Crippen LogP contribution is 2.22. The zero-order valence-corrected chi connectivity index (χ0v) is 13.1. The van der Waals surface area contributed by atoms with Crippen LogP contribution in [0.5, 0.6) is 5.75 Å². The summed E-state index contributed by atoms with van der Waals surface area (Å²) < 4.78 is 10.1. The molecule has 0 aliphatic heterocycles. The van der Waals surface area contributed by atoms with Crippen LogP contribution < -0.4 is 10.2 Å². The quantitative estimate of drug-likeness (QED) is 0.624. The summed E-state index contributed by atoms with van der Waals surface area (Å²) >= 11 is 0. The molecule has 0 bridgehead atoms. The molecule has 6 heteroatoms. The van der Waals surface area contributed by atoms with Gasteiger partial charge >= 0.3 is 5.97 Å². The number of fused-ring (bicyclic) bond motifs is 1. The molecule has 0 aliphatic rings. The van der Waals surface area contributed by atoms with Crippen LogP contribution >= 0.6 is 0 Å². The van der Waals surface area contributed by atoms with E-state index in [0.717, 1.165) is 22.1 Å². The number of rotatable bonds is 7. The predicted octanol–water partition coefficient (Wildman–Crippen LogP) is 2.00. The second kappa shape index (κ2) is 8.14. The monoisotopic (exact) mass is 317 g/mol. The number of esters is 1. The molecule has 1 amide bonds. The Hall–Kier alpha value is -2.60. The average Bonchev–Trinajstić information content (AvgIpc) is 2.57. The van der Waals surface area contributed by atoms with E-state index in [4.69, 9.17) is 14.3 Å². The van der Waals surface area contributed by atoms with Gasteiger partial charge in [-0.25, -0.2) is 5.48 Å². The molecular weight excluding hydrogens is 298 g/mol. The fourth-order valence-electron chi connectivity index (χ4n) is 2.06. The first-order valence-corrected chi connectivity index (χ1v) is 7.25. The first-order chi connectivity index (χ1) is 11.1. The van der Waals surface area contributed by atoms with Crippen molar-refractivity contribution in [3.05, 3.63) is 42.0 Å². The van der Waals surface area contributed by atoms with E-state index in [9.17, 15) is 9.59 Å². The van der Waals surface area contributed by atoms with Crippen LogP contribution in [0.4, 0.5) is 0 Å². The van der Waals surface area contributed by atoms with E-state index in [0.29, 0.717) is 6.61 Å². The molecule has 0 saturated carbocycles. The summed E-state index contributed by atoms with van der Waals surface area (Å²) in [6.07, 6.45) is 0.101. The van der Waals surface area contributed by atoms with Gasteiger partial charge in [0.05, 0.1) is 20.1 Å². The standard InChI is InChI=1S/C17H19NO5/c1-3-23-18-16(19)11-22-17(20)9-12-4-5-14-10-15(21-2)7-6-13(14)8-12/h4-8,10H,3,9,11H2,1-2H3,(H,18,19). The molecule has 0 radical (unpaired) electrons. The van der Waals surface area contributed by atoms with Crippen molar-refractivity contribution in [1.29, 1.82) is 0 Å². The SMILES string of the molecule is CCONC(=O)COC(=O)Cc1ccc2cc(OC)ccc2c1. The molecule has 0 unspecified atom stereocenters. The molecule has 1 N–H and O–H groups in total. The molecule has 0 spiro atoms. The lowest BCUT2D eigenvalue weighted by Gasteiger charge is -2.07. The number of amides is 1. The van der Waals surface area contributed by atoms with Crippen molar-refractivity contribution in [2.24, 2.45) is 0 Å². The van der Waals surface area contributed by atoms with E-state index in [-0.39, 0.29) is 13.0 Å². The molecule has 0 fully saturated rings. The summed E-state index contributed by atoms with van der Waals surface area (Å²) in [7, 11) is 1.62. The molecule has 0 atom stereocenters. The molecule has 6 nitrogen and oxygen atoms in total. The van der Waals surface area contributed by atoms with Gasteiger partial charge in [-0.3, -0.25) is 14.4 Å². The van der Waals surface area contributed by atoms with Gasteiger partial charge in [0.25, 0.3) is 5.91 Å². The van der Waals surface area contributed by atoms with Crippen LogP contribution in [-0.4, -0.2) is 32.2 Å². The Kier molecular flexibility index (Phi) is 5.94. The number of benzene rings is 2. The molecular formula is C17H19NO5. The van der Waals surface area contributed by atoms with E-state index in [2.05, 4.69) is 5.48 Å². The Morgan fingerprint density at radius 1 is 1.09 bits per heavy atom. The van der Waals surface area contributed by atoms with E-state index >= 15 is 0 Å². The minimum atomic E-state index is -0.495. The van der Waals surface area contributed by atoms with Crippen LogP contribution in [-0.2, 0) is 25.6 Å². The minimum Gasteiger partial charge on any atom is -0.497 e. The maximum absolute atomic E-state index is 11.8. The first kappa shape index (κ1) is 16.8. The smallest absolute Gasteiger partial charge is 0.310 e. The van der Waals surface area contributed by atoms with Crippen LogP contribution in [0.25, 0.3) is 10.8 Å². The number of methoxy groups -OCH3 is 1. The van der Waals surface area contributed by atoms with Gasteiger partial charge in [0.1, 0.15) is 5.75 Å². The van der Waals surface area contributed by atoms with Crippen LogP contribution in [0.3, 0.4) is 0 Å². The number of hydrogen-bond acceptors (Lipinski definition) is 5. The van der Waals surface area contributed by atoms with Crippen molar-refractivity contribution in [1.82, 2.24) is 5.48 Å². The molecule has 2 aromatic rings. The third-order valence-corrected chi connectivity index (χ3v) is 3.15. The number of ether oxygens (including phenoxy) is 2. The van der Waals surface area contributed by atoms with Crippen molar-refractivity contribution in [2.45, 2.75) is 13.3 Å². The number of carbonyl (C=O) groups excluding carboxylic acids is 2. The largest absolute Gasteiger partial charge is 0.497 e. The van der Waals surface area contributed by atoms with E-state index in [1.807, 2.05) is 36.4 Å². The summed E-state index contributed by atoms with van der Waals surface area (Å²) in [4.78, 5) is 27.7. The highest BCUT2D eigenvalue weighted by molar-refractivity contribution is 5.86. The third kappa shape index (κ3) is 4.96. The van der Waals surface area contributed by atoms with E-state index < -0.39 is 11.9 Å². The molecule has 2 rings (SSSR count). The van der Waals surface area contributed by atoms with Crippen LogP contribution in [0, 0.1) is 0 Å². The number of hydrogen-bond donors (Lipinski definition) is 1. The highest BCUT2D eigenvalue weighted by Gasteiger charge is 2.09. The lowest BCUT2D eigenvalue weighted by atomic mass is 10.0. The van der Waals surface area contributed by atoms with Crippen molar-refractivity contribution >= 4 is 22.6 Å². The van der Waals surface area contributed by atoms with E-state index in [1.165, 1.54) is 0 Å². The molecule has 0 saturated heterocycles. The van der Waals surface area contributed by atoms with Crippen molar-refractivity contribution in [3.8, 4) is 5.75 Å². The fourth-order valence-corrected chi connectivity index (χ4v) is 2.06. The first-order valence-electron chi connectivity index (χ1n) is 7.25. The second-order valence-electron chi connectivity index (χ2n) is 4.84. The van der Waals surface area contributed by atoms with Gasteiger partial charge in [0, 0.05) is 0 Å². The zero-order chi connectivity index (χ0) is 16.7. The summed E-state index contributed by atoms with van der Waals surface area (Å²) in [6.45, 7) is 1.73.